The highest BCUT2D eigenvalue weighted by molar-refractivity contribution is 5.94. The van der Waals surface area contributed by atoms with Crippen LogP contribution in [0.4, 0.5) is 13.2 Å². The molecular formula is C32H36F3N2O4+. The van der Waals surface area contributed by atoms with Gasteiger partial charge in [0.15, 0.2) is 5.60 Å². The molecule has 2 aromatic carbocycles. The van der Waals surface area contributed by atoms with E-state index in [1.54, 1.807) is 18.2 Å². The Morgan fingerprint density at radius 1 is 1.12 bits per heavy atom. The summed E-state index contributed by atoms with van der Waals surface area (Å²) in [7, 11) is 2.24. The number of phenolic OH excluding ortho intramolecular Hbond substituents is 1. The van der Waals surface area contributed by atoms with Gasteiger partial charge in [0.1, 0.15) is 12.3 Å². The number of benzene rings is 2. The lowest BCUT2D eigenvalue weighted by atomic mass is 9.54. The van der Waals surface area contributed by atoms with Gasteiger partial charge in [0.25, 0.3) is 5.91 Å². The maximum absolute atomic E-state index is 12.9. The molecule has 1 aliphatic heterocycles. The molecule has 3 fully saturated rings. The third-order valence-electron chi connectivity index (χ3n) is 9.08. The van der Waals surface area contributed by atoms with Crippen LogP contribution in [0.1, 0.15) is 62.1 Å². The number of quaternary nitrogens is 1. The Balaban J connectivity index is 1.41. The van der Waals surface area contributed by atoms with Crippen molar-refractivity contribution in [2.45, 2.75) is 68.7 Å². The fourth-order valence-electron chi connectivity index (χ4n) is 7.15. The highest BCUT2D eigenvalue weighted by Gasteiger charge is 2.64. The summed E-state index contributed by atoms with van der Waals surface area (Å²) in [6.07, 6.45) is 0.354. The van der Waals surface area contributed by atoms with Crippen molar-refractivity contribution in [3.8, 4) is 17.6 Å². The number of nitrogens with zero attached hydrogens (tertiary/aromatic N) is 1. The number of likely N-dealkylation sites (tertiary alicyclic amines) is 1. The van der Waals surface area contributed by atoms with Gasteiger partial charge in [-0.3, -0.25) is 9.59 Å². The number of ether oxygens (including phenoxy) is 1. The number of aromatic hydroxyl groups is 1. The minimum Gasteiger partial charge on any atom is -0.508 e. The standard InChI is InChI=1S/C32H35F3N2O4/c1-22(38)41-31-15-14-27(36-29(40)13-10-23-8-11-25(12-9-23)32(33,34)35)19-30(31,26-4-3-5-28(39)18-26)16-17-37(2,21-31)20-24-6-7-24/h3-5,8-9,11-12,18,24,27H,6-7,14-17,19-21H2,1-2H3,(H-,36,39,40)/p+1/t27-,30-,31?,37+/m0/s1. The smallest absolute Gasteiger partial charge is 0.416 e. The van der Waals surface area contributed by atoms with Crippen LogP contribution in [0.3, 0.4) is 0 Å². The number of phenols is 1. The molecule has 1 unspecified atom stereocenters. The molecule has 5 rings (SSSR count). The summed E-state index contributed by atoms with van der Waals surface area (Å²) in [5.41, 5.74) is -1.02. The number of likely N-dealkylation sites (N-methyl/N-ethyl adjacent to an activating group) is 1. The molecule has 9 heteroatoms. The third kappa shape index (κ3) is 6.23. The summed E-state index contributed by atoms with van der Waals surface area (Å²) in [4.78, 5) is 25.4. The number of esters is 1. The van der Waals surface area contributed by atoms with E-state index in [0.717, 1.165) is 41.7 Å². The molecule has 41 heavy (non-hydrogen) atoms. The van der Waals surface area contributed by atoms with E-state index in [9.17, 15) is 27.9 Å². The molecule has 1 heterocycles. The van der Waals surface area contributed by atoms with E-state index in [-0.39, 0.29) is 17.8 Å². The Labute approximate surface area is 238 Å². The minimum absolute atomic E-state index is 0.128. The van der Waals surface area contributed by atoms with Crippen molar-refractivity contribution in [3.63, 3.8) is 0 Å². The normalized spacial score (nSPS) is 29.4. The zero-order valence-corrected chi connectivity index (χ0v) is 23.4. The van der Waals surface area contributed by atoms with Crippen LogP contribution >= 0.6 is 0 Å². The maximum atomic E-state index is 12.9. The first-order valence-electron chi connectivity index (χ1n) is 14.1. The molecule has 0 bridgehead atoms. The average molecular weight is 570 g/mol. The quantitative estimate of drug-likeness (QED) is 0.304. The van der Waals surface area contributed by atoms with Crippen LogP contribution in [0, 0.1) is 17.8 Å². The number of hydrogen-bond acceptors (Lipinski definition) is 4. The minimum atomic E-state index is -4.44. The molecule has 0 spiro atoms. The van der Waals surface area contributed by atoms with Gasteiger partial charge in [-0.25, -0.2) is 0 Å². The van der Waals surface area contributed by atoms with Crippen molar-refractivity contribution in [2.24, 2.45) is 5.92 Å². The number of nitrogens with one attached hydrogen (secondary N) is 1. The summed E-state index contributed by atoms with van der Waals surface area (Å²) >= 11 is 0. The molecule has 1 saturated heterocycles. The summed E-state index contributed by atoms with van der Waals surface area (Å²) in [5, 5.41) is 13.4. The lowest BCUT2D eigenvalue weighted by Crippen LogP contribution is -2.72. The van der Waals surface area contributed by atoms with Gasteiger partial charge in [0.2, 0.25) is 0 Å². The van der Waals surface area contributed by atoms with E-state index in [0.29, 0.717) is 37.3 Å². The number of alkyl halides is 3. The Bertz CT molecular complexity index is 1380. The van der Waals surface area contributed by atoms with Crippen molar-refractivity contribution < 1.29 is 37.1 Å². The number of rotatable bonds is 5. The summed E-state index contributed by atoms with van der Waals surface area (Å²) < 4.78 is 45.7. The predicted molar refractivity (Wildman–Crippen MR) is 147 cm³/mol. The number of piperidine rings is 1. The molecule has 3 aliphatic rings. The first kappa shape index (κ1) is 29.0. The van der Waals surface area contributed by atoms with Crippen LogP contribution in [0.2, 0.25) is 0 Å². The monoisotopic (exact) mass is 569 g/mol. The summed E-state index contributed by atoms with van der Waals surface area (Å²) in [6, 6.07) is 11.2. The molecule has 4 atom stereocenters. The van der Waals surface area contributed by atoms with Crippen LogP contribution in [0.5, 0.6) is 5.75 Å². The number of amides is 1. The lowest BCUT2D eigenvalue weighted by molar-refractivity contribution is -0.924. The number of fused-ring (bicyclic) bond motifs is 1. The van der Waals surface area contributed by atoms with Crippen molar-refractivity contribution in [3.05, 3.63) is 65.2 Å². The molecule has 2 N–H and O–H groups in total. The van der Waals surface area contributed by atoms with Gasteiger partial charge in [-0.2, -0.15) is 13.2 Å². The van der Waals surface area contributed by atoms with Crippen molar-refractivity contribution >= 4 is 11.9 Å². The molecule has 0 aromatic heterocycles. The van der Waals surface area contributed by atoms with Crippen LogP contribution < -0.4 is 5.32 Å². The molecule has 2 aromatic rings. The molecule has 6 nitrogen and oxygen atoms in total. The van der Waals surface area contributed by atoms with E-state index in [4.69, 9.17) is 4.74 Å². The fraction of sp³-hybridized carbons (Fsp3) is 0.500. The van der Waals surface area contributed by atoms with Crippen molar-refractivity contribution in [1.29, 1.82) is 0 Å². The van der Waals surface area contributed by atoms with E-state index >= 15 is 0 Å². The highest BCUT2D eigenvalue weighted by Crippen LogP contribution is 2.55. The van der Waals surface area contributed by atoms with E-state index in [2.05, 4.69) is 24.2 Å². The van der Waals surface area contributed by atoms with Gasteiger partial charge in [0.05, 0.1) is 25.7 Å². The summed E-state index contributed by atoms with van der Waals surface area (Å²) in [5.74, 6) is 5.12. The average Bonchev–Trinajstić information content (AvgIpc) is 3.70. The highest BCUT2D eigenvalue weighted by atomic mass is 19.4. The Morgan fingerprint density at radius 3 is 2.49 bits per heavy atom. The van der Waals surface area contributed by atoms with Gasteiger partial charge < -0.3 is 19.6 Å². The largest absolute Gasteiger partial charge is 0.508 e. The second kappa shape index (κ2) is 10.7. The Kier molecular flexibility index (Phi) is 7.58. The molecule has 2 saturated carbocycles. The van der Waals surface area contributed by atoms with Gasteiger partial charge in [0, 0.05) is 42.2 Å². The van der Waals surface area contributed by atoms with Crippen LogP contribution in [0.15, 0.2) is 48.5 Å². The van der Waals surface area contributed by atoms with Gasteiger partial charge >= 0.3 is 12.1 Å². The number of hydrogen-bond donors (Lipinski definition) is 2. The first-order valence-corrected chi connectivity index (χ1v) is 14.1. The lowest BCUT2D eigenvalue weighted by Gasteiger charge is -2.60. The predicted octanol–water partition coefficient (Wildman–Crippen LogP) is 4.93. The second-order valence-corrected chi connectivity index (χ2v) is 12.3. The van der Waals surface area contributed by atoms with Crippen molar-refractivity contribution in [1.82, 2.24) is 5.32 Å². The van der Waals surface area contributed by atoms with Crippen LogP contribution in [-0.2, 0) is 25.9 Å². The zero-order valence-electron chi connectivity index (χ0n) is 23.4. The van der Waals surface area contributed by atoms with Gasteiger partial charge in [-0.05, 0) is 74.1 Å². The Hall–Kier alpha value is -3.51. The van der Waals surface area contributed by atoms with Crippen molar-refractivity contribution in [2.75, 3.05) is 26.7 Å². The van der Waals surface area contributed by atoms with E-state index in [1.807, 2.05) is 6.07 Å². The maximum Gasteiger partial charge on any atom is 0.416 e. The fourth-order valence-corrected chi connectivity index (χ4v) is 7.15. The zero-order chi connectivity index (χ0) is 29.5. The van der Waals surface area contributed by atoms with E-state index < -0.39 is 28.7 Å². The number of carbonyl (C=O) groups is 2. The molecule has 1 amide bonds. The summed E-state index contributed by atoms with van der Waals surface area (Å²) in [6.45, 7) is 4.02. The van der Waals surface area contributed by atoms with E-state index in [1.165, 1.54) is 31.9 Å². The molecule has 218 valence electrons. The second-order valence-electron chi connectivity index (χ2n) is 12.3. The van der Waals surface area contributed by atoms with Gasteiger partial charge in [-0.15, -0.1) is 0 Å². The van der Waals surface area contributed by atoms with Crippen LogP contribution in [-0.4, -0.2) is 59.8 Å². The Morgan fingerprint density at radius 2 is 1.85 bits per heavy atom. The number of halogens is 3. The first-order chi connectivity index (χ1) is 19.3. The molecular weight excluding hydrogens is 533 g/mol. The topological polar surface area (TPSA) is 75.6 Å². The molecule has 0 radical (unpaired) electrons. The molecule has 2 aliphatic carbocycles. The van der Waals surface area contributed by atoms with Gasteiger partial charge in [-0.1, -0.05) is 18.1 Å². The SMILES string of the molecule is CC(=O)OC12CC[C@H](NC(=O)C#Cc3ccc(C(F)(F)F)cc3)C[C@]1(c1cccc(O)c1)CC[N@+](C)(CC1CC1)C2. The third-order valence-corrected chi connectivity index (χ3v) is 9.08. The van der Waals surface area contributed by atoms with Crippen LogP contribution in [0.25, 0.3) is 0 Å². The number of carbonyl (C=O) groups excluding carboxylic acids is 2.